The van der Waals surface area contributed by atoms with Gasteiger partial charge in [0.15, 0.2) is 0 Å². The molecule has 4 nitrogen and oxygen atoms in total. The molecule has 3 rings (SSSR count). The second-order valence-corrected chi connectivity index (χ2v) is 7.79. The normalized spacial score (nSPS) is 22.7. The molecular formula is C23H29FN2O2. The molecule has 0 spiro atoms. The fourth-order valence-corrected chi connectivity index (χ4v) is 4.22. The maximum Gasteiger partial charge on any atom is 0.338 e. The maximum absolute atomic E-state index is 14.1. The van der Waals surface area contributed by atoms with E-state index in [-0.39, 0.29) is 11.6 Å². The van der Waals surface area contributed by atoms with Crippen LogP contribution in [0.25, 0.3) is 0 Å². The van der Waals surface area contributed by atoms with Gasteiger partial charge in [-0.2, -0.15) is 0 Å². The summed E-state index contributed by atoms with van der Waals surface area (Å²) in [5.74, 6) is -0.949. The van der Waals surface area contributed by atoms with Crippen LogP contribution in [-0.2, 0) is 11.3 Å². The number of rotatable bonds is 5. The first kappa shape index (κ1) is 20.3. The number of benzene rings is 2. The lowest BCUT2D eigenvalue weighted by Crippen LogP contribution is -2.49. The highest BCUT2D eigenvalue weighted by molar-refractivity contribution is 5.92. The third-order valence-electron chi connectivity index (χ3n) is 5.73. The van der Waals surface area contributed by atoms with Gasteiger partial charge in [0, 0.05) is 30.4 Å². The minimum atomic E-state index is -0.514. The Morgan fingerprint density at radius 2 is 1.82 bits per heavy atom. The van der Waals surface area contributed by atoms with Gasteiger partial charge < -0.3 is 10.1 Å². The average molecular weight is 384 g/mol. The number of nitrogens with zero attached hydrogens (tertiary/aromatic N) is 1. The van der Waals surface area contributed by atoms with Gasteiger partial charge in [-0.1, -0.05) is 30.3 Å². The molecule has 1 aliphatic rings. The predicted molar refractivity (Wildman–Crippen MR) is 110 cm³/mol. The van der Waals surface area contributed by atoms with Crippen molar-refractivity contribution in [2.75, 3.05) is 12.4 Å². The summed E-state index contributed by atoms with van der Waals surface area (Å²) in [6.45, 7) is 7.24. The molecule has 2 aromatic carbocycles. The molecule has 1 heterocycles. The SMILES string of the molecule is COC(=O)c1cc(F)cc(NC2CC(C)N(Cc3ccccc3)C(C)C2)c1C. The number of piperidine rings is 1. The highest BCUT2D eigenvalue weighted by atomic mass is 19.1. The van der Waals surface area contributed by atoms with Crippen LogP contribution in [0.2, 0.25) is 0 Å². The van der Waals surface area contributed by atoms with Crippen LogP contribution in [0.1, 0.15) is 48.2 Å². The van der Waals surface area contributed by atoms with E-state index < -0.39 is 11.8 Å². The third-order valence-corrected chi connectivity index (χ3v) is 5.73. The van der Waals surface area contributed by atoms with Gasteiger partial charge in [0.25, 0.3) is 0 Å². The first-order valence-electron chi connectivity index (χ1n) is 9.83. The zero-order chi connectivity index (χ0) is 20.3. The van der Waals surface area contributed by atoms with Crippen molar-refractivity contribution < 1.29 is 13.9 Å². The van der Waals surface area contributed by atoms with Gasteiger partial charge in [-0.15, -0.1) is 0 Å². The molecule has 28 heavy (non-hydrogen) atoms. The summed E-state index contributed by atoms with van der Waals surface area (Å²) in [4.78, 5) is 14.4. The number of anilines is 1. The number of ether oxygens (including phenoxy) is 1. The molecule has 5 heteroatoms. The van der Waals surface area contributed by atoms with E-state index in [1.165, 1.54) is 24.8 Å². The average Bonchev–Trinajstić information content (AvgIpc) is 2.67. The van der Waals surface area contributed by atoms with Crippen molar-refractivity contribution >= 4 is 11.7 Å². The Morgan fingerprint density at radius 1 is 1.18 bits per heavy atom. The molecule has 2 atom stereocenters. The van der Waals surface area contributed by atoms with Crippen LogP contribution < -0.4 is 5.32 Å². The number of nitrogens with one attached hydrogen (secondary N) is 1. The lowest BCUT2D eigenvalue weighted by Gasteiger charge is -2.43. The van der Waals surface area contributed by atoms with E-state index in [2.05, 4.69) is 48.3 Å². The number of likely N-dealkylation sites (tertiary alicyclic amines) is 1. The molecule has 0 aromatic heterocycles. The Balaban J connectivity index is 1.72. The highest BCUT2D eigenvalue weighted by Gasteiger charge is 2.31. The number of methoxy groups -OCH3 is 1. The molecule has 1 saturated heterocycles. The van der Waals surface area contributed by atoms with Crippen LogP contribution in [0.15, 0.2) is 42.5 Å². The zero-order valence-corrected chi connectivity index (χ0v) is 17.0. The molecule has 2 unspecified atom stereocenters. The zero-order valence-electron chi connectivity index (χ0n) is 17.0. The van der Waals surface area contributed by atoms with Crippen LogP contribution in [0, 0.1) is 12.7 Å². The standard InChI is InChI=1S/C23H29FN2O2/c1-15-10-20(11-16(2)26(15)14-18-8-6-5-7-9-18)25-22-13-19(24)12-21(17(22)3)23(27)28-4/h5-9,12-13,15-16,20,25H,10-11,14H2,1-4H3. The lowest BCUT2D eigenvalue weighted by molar-refractivity contribution is 0.0599. The van der Waals surface area contributed by atoms with E-state index in [0.29, 0.717) is 17.8 Å². The van der Waals surface area contributed by atoms with E-state index in [0.717, 1.165) is 24.9 Å². The molecule has 0 bridgehead atoms. The molecule has 0 saturated carbocycles. The predicted octanol–water partition coefficient (Wildman–Crippen LogP) is 4.77. The molecule has 0 amide bonds. The minimum absolute atomic E-state index is 0.225. The highest BCUT2D eigenvalue weighted by Crippen LogP contribution is 2.29. The Hall–Kier alpha value is -2.40. The quantitative estimate of drug-likeness (QED) is 0.754. The number of hydrogen-bond donors (Lipinski definition) is 1. The number of halogens is 1. The summed E-state index contributed by atoms with van der Waals surface area (Å²) >= 11 is 0. The largest absolute Gasteiger partial charge is 0.465 e. The van der Waals surface area contributed by atoms with E-state index in [4.69, 9.17) is 4.74 Å². The summed E-state index contributed by atoms with van der Waals surface area (Å²) in [6, 6.07) is 14.2. The molecule has 1 fully saturated rings. The van der Waals surface area contributed by atoms with Crippen molar-refractivity contribution in [3.63, 3.8) is 0 Å². The van der Waals surface area contributed by atoms with Crippen LogP contribution in [-0.4, -0.2) is 36.1 Å². The molecule has 150 valence electrons. The van der Waals surface area contributed by atoms with Gasteiger partial charge >= 0.3 is 5.97 Å². The first-order chi connectivity index (χ1) is 13.4. The summed E-state index contributed by atoms with van der Waals surface area (Å²) in [5.41, 5.74) is 2.98. The smallest absolute Gasteiger partial charge is 0.338 e. The van der Waals surface area contributed by atoms with E-state index in [1.807, 2.05) is 13.0 Å². The topological polar surface area (TPSA) is 41.6 Å². The molecule has 0 radical (unpaired) electrons. The fourth-order valence-electron chi connectivity index (χ4n) is 4.22. The van der Waals surface area contributed by atoms with Crippen LogP contribution in [0.4, 0.5) is 10.1 Å². The van der Waals surface area contributed by atoms with Gasteiger partial charge in [-0.05, 0) is 56.9 Å². The number of esters is 1. The second kappa shape index (κ2) is 8.74. The summed E-state index contributed by atoms with van der Waals surface area (Å²) < 4.78 is 18.8. The number of hydrogen-bond acceptors (Lipinski definition) is 4. The molecule has 2 aromatic rings. The Bertz CT molecular complexity index is 813. The molecule has 1 N–H and O–H groups in total. The monoisotopic (exact) mass is 384 g/mol. The fraction of sp³-hybridized carbons (Fsp3) is 0.435. The van der Waals surface area contributed by atoms with Gasteiger partial charge in [-0.25, -0.2) is 9.18 Å². The van der Waals surface area contributed by atoms with Crippen molar-refractivity contribution in [3.05, 3.63) is 65.0 Å². The summed E-state index contributed by atoms with van der Waals surface area (Å²) in [5, 5.41) is 3.48. The van der Waals surface area contributed by atoms with Gasteiger partial charge in [0.2, 0.25) is 0 Å². The van der Waals surface area contributed by atoms with Gasteiger partial charge in [0.1, 0.15) is 5.82 Å². The van der Waals surface area contributed by atoms with Crippen LogP contribution in [0.3, 0.4) is 0 Å². The van der Waals surface area contributed by atoms with E-state index in [9.17, 15) is 9.18 Å². The first-order valence-corrected chi connectivity index (χ1v) is 9.83. The summed E-state index contributed by atoms with van der Waals surface area (Å²) in [7, 11) is 1.31. The minimum Gasteiger partial charge on any atom is -0.465 e. The van der Waals surface area contributed by atoms with Crippen LogP contribution >= 0.6 is 0 Å². The molecule has 0 aliphatic carbocycles. The maximum atomic E-state index is 14.1. The van der Waals surface area contributed by atoms with E-state index >= 15 is 0 Å². The van der Waals surface area contributed by atoms with Crippen molar-refractivity contribution in [2.45, 2.75) is 58.3 Å². The van der Waals surface area contributed by atoms with Crippen molar-refractivity contribution in [3.8, 4) is 0 Å². The van der Waals surface area contributed by atoms with Gasteiger partial charge in [-0.3, -0.25) is 4.90 Å². The number of carbonyl (C=O) groups is 1. The van der Waals surface area contributed by atoms with E-state index in [1.54, 1.807) is 0 Å². The Kier molecular flexibility index (Phi) is 6.35. The van der Waals surface area contributed by atoms with Crippen molar-refractivity contribution in [1.82, 2.24) is 4.90 Å². The lowest BCUT2D eigenvalue weighted by atomic mass is 9.91. The molecular weight excluding hydrogens is 355 g/mol. The van der Waals surface area contributed by atoms with Crippen LogP contribution in [0.5, 0.6) is 0 Å². The number of carbonyl (C=O) groups excluding carboxylic acids is 1. The van der Waals surface area contributed by atoms with Crippen molar-refractivity contribution in [2.24, 2.45) is 0 Å². The second-order valence-electron chi connectivity index (χ2n) is 7.79. The summed E-state index contributed by atoms with van der Waals surface area (Å²) in [6.07, 6.45) is 1.92. The van der Waals surface area contributed by atoms with Gasteiger partial charge in [0.05, 0.1) is 12.7 Å². The Morgan fingerprint density at radius 3 is 2.43 bits per heavy atom. The Labute approximate surface area is 166 Å². The van der Waals surface area contributed by atoms with Crippen molar-refractivity contribution in [1.29, 1.82) is 0 Å². The third kappa shape index (κ3) is 4.53. The molecule has 1 aliphatic heterocycles.